The third-order valence-electron chi connectivity index (χ3n) is 3.94. The van der Waals surface area contributed by atoms with Gasteiger partial charge in [0.05, 0.1) is 23.2 Å². The summed E-state index contributed by atoms with van der Waals surface area (Å²) in [4.78, 5) is 50.9. The van der Waals surface area contributed by atoms with Crippen molar-refractivity contribution >= 4 is 29.4 Å². The summed E-state index contributed by atoms with van der Waals surface area (Å²) in [6.45, 7) is -0.571. The van der Waals surface area contributed by atoms with Gasteiger partial charge in [-0.05, 0) is 16.7 Å². The first-order valence-electron chi connectivity index (χ1n) is 7.80. The number of likely N-dealkylation sites (N-methyl/N-ethyl adjacent to an activating group) is 1. The quantitative estimate of drug-likeness (QED) is 0.326. The van der Waals surface area contributed by atoms with Crippen LogP contribution in [-0.4, -0.2) is 57.9 Å². The van der Waals surface area contributed by atoms with E-state index >= 15 is 0 Å². The van der Waals surface area contributed by atoms with Crippen LogP contribution in [0.1, 0.15) is 26.3 Å². The van der Waals surface area contributed by atoms with Crippen LogP contribution in [0.15, 0.2) is 24.3 Å². The van der Waals surface area contributed by atoms with Gasteiger partial charge in [-0.25, -0.2) is 20.1 Å². The van der Waals surface area contributed by atoms with Crippen molar-refractivity contribution in [3.8, 4) is 11.1 Å². The van der Waals surface area contributed by atoms with E-state index in [2.05, 4.69) is 0 Å². The summed E-state index contributed by atoms with van der Waals surface area (Å²) >= 11 is 0. The lowest BCUT2D eigenvalue weighted by Crippen LogP contribution is -2.33. The van der Waals surface area contributed by atoms with Crippen molar-refractivity contribution in [2.75, 3.05) is 19.4 Å². The fourth-order valence-electron chi connectivity index (χ4n) is 2.59. The number of carbonyl (C=O) groups is 4. The van der Waals surface area contributed by atoms with E-state index in [9.17, 15) is 29.4 Å². The van der Waals surface area contributed by atoms with E-state index in [0.29, 0.717) is 5.56 Å². The Labute approximate surface area is 158 Å². The molecular formula is C17H17N3O8. The lowest BCUT2D eigenvalue weighted by atomic mass is 10.1. The van der Waals surface area contributed by atoms with Gasteiger partial charge in [0, 0.05) is 7.05 Å². The monoisotopic (exact) mass is 391 g/mol. The molecule has 148 valence electrons. The summed E-state index contributed by atoms with van der Waals surface area (Å²) in [7, 11) is 1.28. The molecule has 0 saturated heterocycles. The molecule has 0 unspecified atom stereocenters. The van der Waals surface area contributed by atoms with Gasteiger partial charge in [-0.3, -0.25) is 19.6 Å². The van der Waals surface area contributed by atoms with E-state index in [1.54, 1.807) is 0 Å². The second-order valence-electron chi connectivity index (χ2n) is 5.72. The Morgan fingerprint density at radius 1 is 1.04 bits per heavy atom. The predicted octanol–water partition coefficient (Wildman–Crippen LogP) is 0.208. The summed E-state index contributed by atoms with van der Waals surface area (Å²) in [6.07, 6.45) is -0.172. The number of rotatable bonds is 7. The number of hydrogen-bond donors (Lipinski definition) is 5. The van der Waals surface area contributed by atoms with Gasteiger partial charge in [0.25, 0.3) is 5.91 Å². The largest absolute Gasteiger partial charge is 0.478 e. The molecule has 0 aromatic carbocycles. The fourth-order valence-corrected chi connectivity index (χ4v) is 2.59. The number of fused-ring (bicyclic) bond motifs is 1. The number of carboxylic acids is 2. The van der Waals surface area contributed by atoms with Gasteiger partial charge in [0.1, 0.15) is 0 Å². The topological polar surface area (TPSA) is 179 Å². The molecule has 0 bridgehead atoms. The zero-order valence-corrected chi connectivity index (χ0v) is 14.6. The Balaban J connectivity index is 2.33. The van der Waals surface area contributed by atoms with Crippen LogP contribution in [0.5, 0.6) is 0 Å². The van der Waals surface area contributed by atoms with Crippen molar-refractivity contribution < 1.29 is 39.4 Å². The summed E-state index contributed by atoms with van der Waals surface area (Å²) in [5, 5.41) is 27.9. The molecule has 2 amide bonds. The van der Waals surface area contributed by atoms with Crippen molar-refractivity contribution in [3.05, 3.63) is 41.0 Å². The number of hydroxylamine groups is 3. The number of nitrogens with two attached hydrogens (primary N) is 1. The number of amides is 2. The van der Waals surface area contributed by atoms with Crippen LogP contribution in [-0.2, 0) is 20.8 Å². The van der Waals surface area contributed by atoms with Crippen LogP contribution in [0.3, 0.4) is 0 Å². The highest BCUT2D eigenvalue weighted by Gasteiger charge is 2.28. The van der Waals surface area contributed by atoms with E-state index in [4.69, 9.17) is 15.8 Å². The maximum absolute atomic E-state index is 12.1. The number of hydrogen-bond acceptors (Lipinski definition) is 7. The number of nitrogen functional groups attached to an aromatic ring is 1. The Morgan fingerprint density at radius 3 is 1.96 bits per heavy atom. The molecule has 0 fully saturated rings. The van der Waals surface area contributed by atoms with Gasteiger partial charge in [-0.2, -0.15) is 0 Å². The highest BCUT2D eigenvalue weighted by Crippen LogP contribution is 2.38. The van der Waals surface area contributed by atoms with E-state index in [0.717, 1.165) is 5.06 Å². The highest BCUT2D eigenvalue weighted by molar-refractivity contribution is 6.14. The molecule has 11 nitrogen and oxygen atoms in total. The van der Waals surface area contributed by atoms with Gasteiger partial charge in [-0.15, -0.1) is 0 Å². The molecule has 0 radical (unpaired) electrons. The molecule has 0 aromatic heterocycles. The smallest absolute Gasteiger partial charge is 0.338 e. The van der Waals surface area contributed by atoms with Gasteiger partial charge >= 0.3 is 11.9 Å². The standard InChI is InChI=1S/C17H17N3O8/c1-20(28-7-11(21)19-27)12(22)6-8-2-4-9-10(5-3-8)14(17(25)26)15(18)13(9)16(23)24/h2-5,27H,6-7,18H2,1H3,(H,19,21)(H,23,24)(H,25,26). The lowest BCUT2D eigenvalue weighted by molar-refractivity contribution is -0.182. The van der Waals surface area contributed by atoms with Crippen LogP contribution in [0.4, 0.5) is 5.69 Å². The zero-order valence-electron chi connectivity index (χ0n) is 14.6. The molecule has 0 heterocycles. The first kappa shape index (κ1) is 20.6. The molecular weight excluding hydrogens is 374 g/mol. The Bertz CT molecular complexity index is 875. The van der Waals surface area contributed by atoms with Crippen molar-refractivity contribution in [2.24, 2.45) is 0 Å². The van der Waals surface area contributed by atoms with Crippen molar-refractivity contribution in [1.29, 1.82) is 0 Å². The Hall–Kier alpha value is -3.70. The highest BCUT2D eigenvalue weighted by atomic mass is 16.7. The molecule has 0 atom stereocenters. The van der Waals surface area contributed by atoms with Gasteiger partial charge in [0.15, 0.2) is 6.61 Å². The Morgan fingerprint density at radius 2 is 1.54 bits per heavy atom. The third kappa shape index (κ3) is 4.16. The molecule has 0 spiro atoms. The molecule has 0 aliphatic heterocycles. The molecule has 0 aromatic rings. The number of carbonyl (C=O) groups excluding carboxylic acids is 2. The average Bonchev–Trinajstić information content (AvgIpc) is 2.78. The number of nitrogens with zero attached hydrogens (tertiary/aromatic N) is 1. The number of aromatic carboxylic acids is 2. The van der Waals surface area contributed by atoms with Crippen LogP contribution in [0, 0.1) is 0 Å². The minimum absolute atomic E-state index is 0.130. The lowest BCUT2D eigenvalue weighted by Gasteiger charge is -2.15. The summed E-state index contributed by atoms with van der Waals surface area (Å²) in [5.41, 5.74) is 6.77. The van der Waals surface area contributed by atoms with E-state index < -0.39 is 30.4 Å². The van der Waals surface area contributed by atoms with Gasteiger partial charge in [-0.1, -0.05) is 24.3 Å². The average molecular weight is 391 g/mol. The zero-order chi connectivity index (χ0) is 21.0. The van der Waals surface area contributed by atoms with E-state index in [1.165, 1.54) is 36.8 Å². The number of nitrogens with one attached hydrogen (secondary N) is 1. The van der Waals surface area contributed by atoms with Crippen LogP contribution >= 0.6 is 0 Å². The second kappa shape index (κ2) is 8.33. The van der Waals surface area contributed by atoms with Crippen LogP contribution in [0.2, 0.25) is 0 Å². The molecule has 0 saturated carbocycles. The summed E-state index contributed by atoms with van der Waals surface area (Å²) in [5.74, 6) is -4.11. The molecule has 28 heavy (non-hydrogen) atoms. The second-order valence-corrected chi connectivity index (χ2v) is 5.72. The summed E-state index contributed by atoms with van der Waals surface area (Å²) < 4.78 is 0. The molecule has 2 rings (SSSR count). The SMILES string of the molecule is CN(OCC(=O)NO)C(=O)Cc1ccc2c(C(=O)O)c(N)c(C(=O)O)c-2cc1. The molecule has 11 heteroatoms. The first-order chi connectivity index (χ1) is 13.2. The molecule has 2 aliphatic carbocycles. The Kier molecular flexibility index (Phi) is 6.13. The van der Waals surface area contributed by atoms with E-state index in [-0.39, 0.29) is 34.4 Å². The van der Waals surface area contributed by atoms with Crippen molar-refractivity contribution in [1.82, 2.24) is 10.5 Å². The van der Waals surface area contributed by atoms with Crippen LogP contribution in [0.25, 0.3) is 11.1 Å². The normalized spacial score (nSPS) is 10.5. The van der Waals surface area contributed by atoms with Gasteiger partial charge in [0.2, 0.25) is 5.91 Å². The van der Waals surface area contributed by atoms with E-state index in [1.807, 2.05) is 0 Å². The minimum atomic E-state index is -1.37. The van der Waals surface area contributed by atoms with Crippen LogP contribution < -0.4 is 11.2 Å². The van der Waals surface area contributed by atoms with Crippen molar-refractivity contribution in [3.63, 3.8) is 0 Å². The van der Waals surface area contributed by atoms with Crippen molar-refractivity contribution in [2.45, 2.75) is 6.42 Å². The number of anilines is 1. The predicted molar refractivity (Wildman–Crippen MR) is 93.8 cm³/mol. The maximum atomic E-state index is 12.1. The van der Waals surface area contributed by atoms with Gasteiger partial charge < -0.3 is 15.9 Å². The maximum Gasteiger partial charge on any atom is 0.338 e. The third-order valence-corrected chi connectivity index (χ3v) is 3.94. The summed E-state index contributed by atoms with van der Waals surface area (Å²) in [6, 6.07) is 5.69. The molecule has 6 N–H and O–H groups in total. The minimum Gasteiger partial charge on any atom is -0.478 e. The first-order valence-corrected chi connectivity index (χ1v) is 7.80. The number of carboxylic acid groups (broad SMARTS) is 2. The molecule has 2 aliphatic rings. The fraction of sp³-hybridized carbons (Fsp3) is 0.176.